The first kappa shape index (κ1) is 21.1. The topological polar surface area (TPSA) is 72.8 Å². The Morgan fingerprint density at radius 2 is 1.75 bits per heavy atom. The number of ether oxygens (including phenoxy) is 2. The summed E-state index contributed by atoms with van der Waals surface area (Å²) in [7, 11) is 3.20. The third-order valence-corrected chi connectivity index (χ3v) is 5.10. The third kappa shape index (κ3) is 4.44. The van der Waals surface area contributed by atoms with E-state index in [0.717, 1.165) is 22.1 Å². The lowest BCUT2D eigenvalue weighted by atomic mass is 10.0. The van der Waals surface area contributed by atoms with Gasteiger partial charge in [-0.2, -0.15) is 5.10 Å². The Kier molecular flexibility index (Phi) is 6.12. The fourth-order valence-corrected chi connectivity index (χ4v) is 3.39. The average molecular weight is 425 g/mol. The minimum absolute atomic E-state index is 0.324. The molecule has 0 bridgehead atoms. The molecule has 1 N–H and O–H groups in total. The SMILES string of the molecule is COc1ccc(OC)c(-c2cc(C(=O)NN=Cc3ccc(C)cc3)c3ccccc3n2)c1. The quantitative estimate of drug-likeness (QED) is 0.349. The summed E-state index contributed by atoms with van der Waals surface area (Å²) in [5.41, 5.74) is 7.19. The normalized spacial score (nSPS) is 11.0. The van der Waals surface area contributed by atoms with Crippen molar-refractivity contribution < 1.29 is 14.3 Å². The van der Waals surface area contributed by atoms with E-state index in [9.17, 15) is 4.79 Å². The Balaban J connectivity index is 1.73. The fourth-order valence-electron chi connectivity index (χ4n) is 3.39. The van der Waals surface area contributed by atoms with E-state index in [1.807, 2.05) is 73.7 Å². The van der Waals surface area contributed by atoms with Gasteiger partial charge in [0.15, 0.2) is 0 Å². The van der Waals surface area contributed by atoms with Crippen molar-refractivity contribution in [2.24, 2.45) is 5.10 Å². The summed E-state index contributed by atoms with van der Waals surface area (Å²) in [6, 6.07) is 22.6. The van der Waals surface area contributed by atoms with Gasteiger partial charge in [-0.25, -0.2) is 10.4 Å². The van der Waals surface area contributed by atoms with E-state index in [1.54, 1.807) is 26.5 Å². The highest BCUT2D eigenvalue weighted by molar-refractivity contribution is 6.07. The molecule has 1 heterocycles. The van der Waals surface area contributed by atoms with E-state index in [4.69, 9.17) is 14.5 Å². The van der Waals surface area contributed by atoms with E-state index in [2.05, 4.69) is 10.5 Å². The van der Waals surface area contributed by atoms with Crippen LogP contribution in [0.4, 0.5) is 0 Å². The molecule has 4 aromatic rings. The summed E-state index contributed by atoms with van der Waals surface area (Å²) < 4.78 is 10.9. The number of carbonyl (C=O) groups is 1. The van der Waals surface area contributed by atoms with Crippen molar-refractivity contribution in [3.8, 4) is 22.8 Å². The number of aromatic nitrogens is 1. The van der Waals surface area contributed by atoms with E-state index < -0.39 is 0 Å². The summed E-state index contributed by atoms with van der Waals surface area (Å²) in [4.78, 5) is 17.8. The van der Waals surface area contributed by atoms with Crippen molar-refractivity contribution in [1.82, 2.24) is 10.4 Å². The number of para-hydroxylation sites is 1. The Bertz CT molecular complexity index is 1300. The van der Waals surface area contributed by atoms with Gasteiger partial charge < -0.3 is 9.47 Å². The van der Waals surface area contributed by atoms with Gasteiger partial charge in [-0.15, -0.1) is 0 Å². The van der Waals surface area contributed by atoms with E-state index >= 15 is 0 Å². The van der Waals surface area contributed by atoms with Crippen LogP contribution in [-0.2, 0) is 0 Å². The molecule has 6 heteroatoms. The second-order valence-electron chi connectivity index (χ2n) is 7.25. The summed E-state index contributed by atoms with van der Waals surface area (Å²) >= 11 is 0. The van der Waals surface area contributed by atoms with Gasteiger partial charge in [-0.3, -0.25) is 4.79 Å². The van der Waals surface area contributed by atoms with Crippen LogP contribution in [0.1, 0.15) is 21.5 Å². The Morgan fingerprint density at radius 1 is 0.969 bits per heavy atom. The predicted molar refractivity (Wildman–Crippen MR) is 127 cm³/mol. The van der Waals surface area contributed by atoms with E-state index in [1.165, 1.54) is 0 Å². The number of benzene rings is 3. The van der Waals surface area contributed by atoms with Crippen LogP contribution in [0, 0.1) is 6.92 Å². The van der Waals surface area contributed by atoms with Crippen LogP contribution in [0.3, 0.4) is 0 Å². The lowest BCUT2D eigenvalue weighted by molar-refractivity contribution is 0.0956. The highest BCUT2D eigenvalue weighted by Crippen LogP contribution is 2.34. The van der Waals surface area contributed by atoms with E-state index in [0.29, 0.717) is 28.3 Å². The molecule has 160 valence electrons. The van der Waals surface area contributed by atoms with Crippen molar-refractivity contribution in [2.75, 3.05) is 14.2 Å². The molecule has 0 atom stereocenters. The lowest BCUT2D eigenvalue weighted by Gasteiger charge is -2.13. The van der Waals surface area contributed by atoms with Gasteiger partial charge in [0.1, 0.15) is 11.5 Å². The molecular formula is C26H23N3O3. The maximum absolute atomic E-state index is 13.1. The Morgan fingerprint density at radius 3 is 2.50 bits per heavy atom. The minimum atomic E-state index is -0.324. The van der Waals surface area contributed by atoms with Crippen LogP contribution in [0.5, 0.6) is 11.5 Å². The molecule has 0 fully saturated rings. The molecular weight excluding hydrogens is 402 g/mol. The zero-order chi connectivity index (χ0) is 22.5. The molecule has 0 aliphatic rings. The van der Waals surface area contributed by atoms with Crippen LogP contribution in [0.25, 0.3) is 22.2 Å². The minimum Gasteiger partial charge on any atom is -0.497 e. The van der Waals surface area contributed by atoms with E-state index in [-0.39, 0.29) is 5.91 Å². The van der Waals surface area contributed by atoms with Crippen molar-refractivity contribution >= 4 is 23.0 Å². The molecule has 4 rings (SSSR count). The lowest BCUT2D eigenvalue weighted by Crippen LogP contribution is -2.18. The number of amides is 1. The number of hydrogen-bond acceptors (Lipinski definition) is 5. The zero-order valence-corrected chi connectivity index (χ0v) is 18.1. The Hall–Kier alpha value is -4.19. The molecule has 32 heavy (non-hydrogen) atoms. The van der Waals surface area contributed by atoms with Crippen LogP contribution < -0.4 is 14.9 Å². The Labute approximate surface area is 186 Å². The van der Waals surface area contributed by atoms with Crippen molar-refractivity contribution in [3.63, 3.8) is 0 Å². The van der Waals surface area contributed by atoms with Gasteiger partial charge in [0.2, 0.25) is 0 Å². The first-order valence-corrected chi connectivity index (χ1v) is 10.1. The summed E-state index contributed by atoms with van der Waals surface area (Å²) in [6.07, 6.45) is 1.62. The molecule has 1 amide bonds. The molecule has 6 nitrogen and oxygen atoms in total. The molecule has 0 saturated carbocycles. The highest BCUT2D eigenvalue weighted by Gasteiger charge is 2.16. The van der Waals surface area contributed by atoms with Gasteiger partial charge in [-0.1, -0.05) is 48.0 Å². The largest absolute Gasteiger partial charge is 0.497 e. The number of methoxy groups -OCH3 is 2. The molecule has 1 aromatic heterocycles. The molecule has 3 aromatic carbocycles. The monoisotopic (exact) mass is 425 g/mol. The molecule has 0 radical (unpaired) electrons. The molecule has 0 saturated heterocycles. The molecule has 0 unspecified atom stereocenters. The predicted octanol–water partition coefficient (Wildman–Crippen LogP) is 4.99. The first-order valence-electron chi connectivity index (χ1n) is 10.1. The summed E-state index contributed by atoms with van der Waals surface area (Å²) in [5, 5.41) is 4.87. The number of nitrogens with one attached hydrogen (secondary N) is 1. The second-order valence-corrected chi connectivity index (χ2v) is 7.25. The van der Waals surface area contributed by atoms with Gasteiger partial charge in [0.25, 0.3) is 5.91 Å². The van der Waals surface area contributed by atoms with Crippen molar-refractivity contribution in [2.45, 2.75) is 6.92 Å². The second kappa shape index (κ2) is 9.31. The number of hydrazone groups is 1. The number of hydrogen-bond donors (Lipinski definition) is 1. The molecule has 0 aliphatic carbocycles. The van der Waals surface area contributed by atoms with Crippen molar-refractivity contribution in [1.29, 1.82) is 0 Å². The standard InChI is InChI=1S/C26H23N3O3/c1-17-8-10-18(11-9-17)16-27-29-26(30)21-15-24(28-23-7-5-4-6-20(21)23)22-14-19(31-2)12-13-25(22)32-3/h4-16H,1-3H3,(H,29,30). The average Bonchev–Trinajstić information content (AvgIpc) is 2.84. The third-order valence-electron chi connectivity index (χ3n) is 5.10. The maximum atomic E-state index is 13.1. The smallest absolute Gasteiger partial charge is 0.272 e. The van der Waals surface area contributed by atoms with Crippen molar-refractivity contribution in [3.05, 3.63) is 89.5 Å². The number of nitrogens with zero attached hydrogens (tertiary/aromatic N) is 2. The maximum Gasteiger partial charge on any atom is 0.272 e. The van der Waals surface area contributed by atoms with Gasteiger partial charge in [0.05, 0.1) is 37.2 Å². The first-order chi connectivity index (χ1) is 15.6. The summed E-state index contributed by atoms with van der Waals surface area (Å²) in [5.74, 6) is 0.983. The van der Waals surface area contributed by atoms with Crippen LogP contribution >= 0.6 is 0 Å². The van der Waals surface area contributed by atoms with Crippen LogP contribution in [-0.4, -0.2) is 31.3 Å². The van der Waals surface area contributed by atoms with Gasteiger partial charge in [0, 0.05) is 10.9 Å². The van der Waals surface area contributed by atoms with Crippen LogP contribution in [0.2, 0.25) is 0 Å². The highest BCUT2D eigenvalue weighted by atomic mass is 16.5. The number of carbonyl (C=O) groups excluding carboxylic acids is 1. The summed E-state index contributed by atoms with van der Waals surface area (Å²) in [6.45, 7) is 2.02. The number of rotatable bonds is 6. The number of pyridine rings is 1. The fraction of sp³-hybridized carbons (Fsp3) is 0.115. The number of aryl methyl sites for hydroxylation is 1. The molecule has 0 aliphatic heterocycles. The van der Waals surface area contributed by atoms with Crippen LogP contribution in [0.15, 0.2) is 77.9 Å². The van der Waals surface area contributed by atoms with Gasteiger partial charge >= 0.3 is 0 Å². The number of fused-ring (bicyclic) bond motifs is 1. The molecule has 0 spiro atoms. The van der Waals surface area contributed by atoms with Gasteiger partial charge in [-0.05, 0) is 42.8 Å². The zero-order valence-electron chi connectivity index (χ0n) is 18.1.